The zero-order valence-electron chi connectivity index (χ0n) is 21.3. The largest absolute Gasteiger partial charge is 0.508 e. The van der Waals surface area contributed by atoms with Gasteiger partial charge in [0.25, 0.3) is 0 Å². The number of benzene rings is 2. The molecule has 0 saturated heterocycles. The van der Waals surface area contributed by atoms with Crippen molar-refractivity contribution in [3.63, 3.8) is 0 Å². The van der Waals surface area contributed by atoms with E-state index in [4.69, 9.17) is 4.98 Å². The molecule has 37 heavy (non-hydrogen) atoms. The molecule has 1 unspecified atom stereocenters. The van der Waals surface area contributed by atoms with Crippen LogP contribution in [0.15, 0.2) is 58.0 Å². The first-order chi connectivity index (χ1) is 17.7. The minimum atomic E-state index is -2.63. The van der Waals surface area contributed by atoms with E-state index in [9.17, 15) is 9.32 Å². The molecule has 2 aromatic heterocycles. The van der Waals surface area contributed by atoms with Crippen LogP contribution in [0.25, 0.3) is 16.9 Å². The maximum absolute atomic E-state index is 13.0. The Balaban J connectivity index is 0.00000102. The van der Waals surface area contributed by atoms with Gasteiger partial charge >= 0.3 is 0 Å². The lowest BCUT2D eigenvalue weighted by atomic mass is 10.1. The van der Waals surface area contributed by atoms with Crippen LogP contribution < -0.4 is 10.0 Å². The van der Waals surface area contributed by atoms with Gasteiger partial charge in [-0.25, -0.2) is 13.9 Å². The number of rotatable bonds is 9. The summed E-state index contributed by atoms with van der Waals surface area (Å²) in [6.07, 6.45) is 4.22. The number of unbranched alkanes of at least 4 members (excludes halogenated alkanes) is 1. The number of phenols is 1. The van der Waals surface area contributed by atoms with E-state index in [-0.39, 0.29) is 5.75 Å². The number of hydrogen-bond acceptors (Lipinski definition) is 6. The summed E-state index contributed by atoms with van der Waals surface area (Å²) in [6, 6.07) is 13.5. The predicted octanol–water partition coefficient (Wildman–Crippen LogP) is 4.81. The normalized spacial score (nSPS) is 13.4. The van der Waals surface area contributed by atoms with Crippen molar-refractivity contribution in [2.75, 3.05) is 32.6 Å². The number of nitrogens with zero attached hydrogens (tertiary/aromatic N) is 3. The molecule has 0 fully saturated rings. The number of ether oxygens (including phenoxy) is 1. The molecule has 2 heterocycles. The van der Waals surface area contributed by atoms with Crippen LogP contribution in [0.2, 0.25) is 0 Å². The number of aryl methyl sites for hydroxylation is 1. The number of methoxy groups -OCH3 is 1. The maximum atomic E-state index is 13.0. The van der Waals surface area contributed by atoms with Crippen LogP contribution in [0.3, 0.4) is 0 Å². The lowest BCUT2D eigenvalue weighted by Gasteiger charge is -2.13. The molecule has 4 aromatic rings. The summed E-state index contributed by atoms with van der Waals surface area (Å²) in [5.41, 5.74) is 5.99. The van der Waals surface area contributed by atoms with Crippen LogP contribution in [-0.2, 0) is 20.9 Å². The summed E-state index contributed by atoms with van der Waals surface area (Å²) < 4.78 is 23.0. The van der Waals surface area contributed by atoms with Crippen LogP contribution in [0, 0.1) is 6.92 Å². The Morgan fingerprint density at radius 1 is 1.19 bits per heavy atom. The van der Waals surface area contributed by atoms with Crippen molar-refractivity contribution in [3.05, 3.63) is 69.8 Å². The number of aromatic nitrogens is 3. The molecule has 1 aliphatic carbocycles. The van der Waals surface area contributed by atoms with E-state index in [1.807, 2.05) is 18.2 Å². The third-order valence-electron chi connectivity index (χ3n) is 5.98. The number of anilines is 1. The molecule has 1 atom stereocenters. The summed E-state index contributed by atoms with van der Waals surface area (Å²) in [5, 5.41) is 17.7. The molecule has 2 aromatic carbocycles. The van der Waals surface area contributed by atoms with Crippen molar-refractivity contribution in [2.24, 2.45) is 0 Å². The van der Waals surface area contributed by atoms with Crippen molar-refractivity contribution in [2.45, 2.75) is 31.1 Å². The number of halogens is 1. The second kappa shape index (κ2) is 11.6. The van der Waals surface area contributed by atoms with Crippen LogP contribution in [0.5, 0.6) is 5.75 Å². The SMILES string of the molecule is C=S(=O)(NCCCCNc1cc(-c2ccccc2C)nc2c(Br)cnn12)c1cc(O)cc2c1C2.COC. The Kier molecular flexibility index (Phi) is 8.53. The van der Waals surface area contributed by atoms with Crippen molar-refractivity contribution < 1.29 is 14.1 Å². The summed E-state index contributed by atoms with van der Waals surface area (Å²) in [5.74, 6) is 4.90. The molecule has 0 spiro atoms. The fourth-order valence-corrected chi connectivity index (χ4v) is 6.00. The zero-order chi connectivity index (χ0) is 26.6. The van der Waals surface area contributed by atoms with E-state index in [1.165, 1.54) is 0 Å². The second-order valence-electron chi connectivity index (χ2n) is 8.94. The number of aromatic hydroxyl groups is 1. The summed E-state index contributed by atoms with van der Waals surface area (Å²) >= 11 is 3.55. The molecule has 0 aliphatic heterocycles. The van der Waals surface area contributed by atoms with Gasteiger partial charge in [0.1, 0.15) is 11.6 Å². The summed E-state index contributed by atoms with van der Waals surface area (Å²) in [4.78, 5) is 5.44. The fourth-order valence-electron chi connectivity index (χ4n) is 4.11. The number of fused-ring (bicyclic) bond motifs is 2. The molecule has 3 N–H and O–H groups in total. The number of nitrogens with one attached hydrogen (secondary N) is 2. The van der Waals surface area contributed by atoms with Crippen LogP contribution in [0.4, 0.5) is 5.82 Å². The molecule has 8 nitrogen and oxygen atoms in total. The molecule has 0 bridgehead atoms. The smallest absolute Gasteiger partial charge is 0.172 e. The monoisotopic (exact) mass is 585 g/mol. The lowest BCUT2D eigenvalue weighted by Crippen LogP contribution is -2.25. The third-order valence-corrected chi connectivity index (χ3v) is 8.28. The highest BCUT2D eigenvalue weighted by Gasteiger charge is 2.26. The Bertz CT molecular complexity index is 1520. The van der Waals surface area contributed by atoms with Gasteiger partial charge in [-0.15, -0.1) is 0 Å². The van der Waals surface area contributed by atoms with E-state index in [0.29, 0.717) is 11.4 Å². The molecular formula is C27H32BrN5O3S. The summed E-state index contributed by atoms with van der Waals surface area (Å²) in [7, 11) is 0.625. The molecule has 196 valence electrons. The Labute approximate surface area is 226 Å². The number of phenolic OH excluding ortho intramolecular Hbond substituents is 1. The average molecular weight is 587 g/mol. The van der Waals surface area contributed by atoms with Gasteiger partial charge in [-0.1, -0.05) is 24.3 Å². The molecular weight excluding hydrogens is 554 g/mol. The first-order valence-electron chi connectivity index (χ1n) is 12.0. The molecule has 10 heteroatoms. The minimum absolute atomic E-state index is 0.146. The van der Waals surface area contributed by atoms with Crippen LogP contribution in [-0.4, -0.2) is 57.1 Å². The van der Waals surface area contributed by atoms with Crippen molar-refractivity contribution >= 4 is 43.0 Å². The van der Waals surface area contributed by atoms with Crippen molar-refractivity contribution in [1.29, 1.82) is 0 Å². The maximum Gasteiger partial charge on any atom is 0.172 e. The topological polar surface area (TPSA) is 101 Å². The highest BCUT2D eigenvalue weighted by molar-refractivity contribution is 9.10. The quantitative estimate of drug-likeness (QED) is 0.169. The van der Waals surface area contributed by atoms with Crippen LogP contribution in [0.1, 0.15) is 29.5 Å². The van der Waals surface area contributed by atoms with E-state index in [1.54, 1.807) is 37.1 Å². The Morgan fingerprint density at radius 2 is 1.92 bits per heavy atom. The third kappa shape index (κ3) is 6.32. The van der Waals surface area contributed by atoms with Crippen molar-refractivity contribution in [1.82, 2.24) is 19.3 Å². The molecule has 0 saturated carbocycles. The van der Waals surface area contributed by atoms with Gasteiger partial charge in [0, 0.05) is 38.9 Å². The van der Waals surface area contributed by atoms with E-state index >= 15 is 0 Å². The molecule has 1 aliphatic rings. The highest BCUT2D eigenvalue weighted by atomic mass is 79.9. The summed E-state index contributed by atoms with van der Waals surface area (Å²) in [6.45, 7) is 3.38. The van der Waals surface area contributed by atoms with Gasteiger partial charge in [0.15, 0.2) is 5.65 Å². The predicted molar refractivity (Wildman–Crippen MR) is 154 cm³/mol. The van der Waals surface area contributed by atoms with Gasteiger partial charge in [0.05, 0.1) is 31.0 Å². The zero-order valence-corrected chi connectivity index (χ0v) is 23.7. The van der Waals surface area contributed by atoms with E-state index in [2.05, 4.69) is 60.7 Å². The fraction of sp³-hybridized carbons (Fsp3) is 0.296. The van der Waals surface area contributed by atoms with Crippen molar-refractivity contribution in [3.8, 4) is 17.0 Å². The second-order valence-corrected chi connectivity index (χ2v) is 11.9. The van der Waals surface area contributed by atoms with Gasteiger partial charge < -0.3 is 15.2 Å². The highest BCUT2D eigenvalue weighted by Crippen LogP contribution is 2.37. The Hall–Kier alpha value is -2.92. The first kappa shape index (κ1) is 27.1. The van der Waals surface area contributed by atoms with Crippen LogP contribution >= 0.6 is 15.9 Å². The average Bonchev–Trinajstić information content (AvgIpc) is 3.54. The molecule has 5 rings (SSSR count). The standard InChI is InChI=1S/C25H26BrN5O2S.C2H6O/c1-16-7-3-4-8-19(16)22-14-24(31-25(30-22)21(26)15-28-31)27-9-5-6-10-29-34(2,33)23-13-18(32)11-17-12-20(17)23;1-3-2/h3-4,7-8,11,13-15,27,32H,2,5-6,9-10,12H2,1H3,(H,29,33);1-2H3. The molecule has 0 amide bonds. The van der Waals surface area contributed by atoms with Gasteiger partial charge in [-0.05, 0) is 76.8 Å². The van der Waals surface area contributed by atoms with Gasteiger partial charge in [-0.3, -0.25) is 0 Å². The molecule has 0 radical (unpaired) electrons. The minimum Gasteiger partial charge on any atom is -0.508 e. The first-order valence-corrected chi connectivity index (χ1v) is 14.5. The van der Waals surface area contributed by atoms with E-state index in [0.717, 1.165) is 69.7 Å². The van der Waals surface area contributed by atoms with Gasteiger partial charge in [0.2, 0.25) is 0 Å². The van der Waals surface area contributed by atoms with E-state index < -0.39 is 9.71 Å². The number of hydrogen-bond donors (Lipinski definition) is 3. The Morgan fingerprint density at radius 3 is 2.68 bits per heavy atom. The lowest BCUT2D eigenvalue weighted by molar-refractivity contribution is 0.277. The van der Waals surface area contributed by atoms with Gasteiger partial charge in [-0.2, -0.15) is 9.61 Å².